The molecule has 2 amide bonds. The molecule has 2 aliphatic rings. The average molecular weight is 331 g/mol. The van der Waals surface area contributed by atoms with Crippen LogP contribution in [0.1, 0.15) is 24.8 Å². The zero-order chi connectivity index (χ0) is 17.2. The Morgan fingerprint density at radius 3 is 2.75 bits per heavy atom. The van der Waals surface area contributed by atoms with Crippen molar-refractivity contribution in [2.24, 2.45) is 0 Å². The van der Waals surface area contributed by atoms with Gasteiger partial charge < -0.3 is 14.9 Å². The number of carboxylic acid groups (broad SMARTS) is 1. The highest BCUT2D eigenvalue weighted by atomic mass is 16.5. The first kappa shape index (κ1) is 16.3. The van der Waals surface area contributed by atoms with Gasteiger partial charge in [0.15, 0.2) is 0 Å². The number of likely N-dealkylation sites (tertiary alicyclic amines) is 1. The van der Waals surface area contributed by atoms with E-state index in [0.717, 1.165) is 37.1 Å². The summed E-state index contributed by atoms with van der Waals surface area (Å²) in [6.45, 7) is 2.04. The lowest BCUT2D eigenvalue weighted by atomic mass is 9.95. The van der Waals surface area contributed by atoms with E-state index in [0.29, 0.717) is 13.1 Å². The fourth-order valence-corrected chi connectivity index (χ4v) is 3.84. The highest BCUT2D eigenvalue weighted by molar-refractivity contribution is 5.91. The van der Waals surface area contributed by atoms with E-state index in [1.807, 2.05) is 24.3 Å². The third-order valence-corrected chi connectivity index (χ3v) is 4.96. The largest absolute Gasteiger partial charge is 0.465 e. The highest BCUT2D eigenvalue weighted by Gasteiger charge is 2.48. The summed E-state index contributed by atoms with van der Waals surface area (Å²) in [7, 11) is 0. The fourth-order valence-electron chi connectivity index (χ4n) is 3.84. The molecular weight excluding hydrogens is 310 g/mol. The van der Waals surface area contributed by atoms with Crippen molar-refractivity contribution >= 4 is 23.8 Å². The number of para-hydroxylation sites is 1. The molecule has 2 fully saturated rings. The van der Waals surface area contributed by atoms with Crippen molar-refractivity contribution < 1.29 is 19.9 Å². The normalized spacial score (nSPS) is 23.4. The van der Waals surface area contributed by atoms with E-state index in [1.54, 1.807) is 16.5 Å². The molecule has 3 rings (SSSR count). The van der Waals surface area contributed by atoms with E-state index in [-0.39, 0.29) is 5.54 Å². The van der Waals surface area contributed by atoms with Gasteiger partial charge in [0.1, 0.15) is 0 Å². The topological polar surface area (TPSA) is 93.1 Å². The standard InChI is InChI=1S/C17H21N3O4/c21-15(18-24)7-6-13-4-1-2-5-14(13)19-11-9-17(12-19)8-3-10-20(17)16(22)23/h1-2,4-7,24H,3,8-12H2,(H,18,21)(H,22,23)/b7-6+. The van der Waals surface area contributed by atoms with Crippen LogP contribution in [0.2, 0.25) is 0 Å². The molecule has 1 aromatic carbocycles. The Morgan fingerprint density at radius 1 is 1.21 bits per heavy atom. The maximum Gasteiger partial charge on any atom is 0.407 e. The van der Waals surface area contributed by atoms with Crippen LogP contribution in [-0.4, -0.2) is 52.4 Å². The number of amides is 2. The zero-order valence-electron chi connectivity index (χ0n) is 13.3. The van der Waals surface area contributed by atoms with Crippen LogP contribution in [0, 0.1) is 0 Å². The van der Waals surface area contributed by atoms with Crippen LogP contribution in [-0.2, 0) is 4.79 Å². The molecule has 0 aliphatic carbocycles. The number of anilines is 1. The van der Waals surface area contributed by atoms with Crippen molar-refractivity contribution in [2.45, 2.75) is 24.8 Å². The molecule has 2 aliphatic heterocycles. The SMILES string of the molecule is O=C(/C=C/c1ccccc1N1CCC2(CCCN2C(=O)O)C1)NO. The van der Waals surface area contributed by atoms with Gasteiger partial charge in [0.05, 0.1) is 5.54 Å². The van der Waals surface area contributed by atoms with Crippen LogP contribution in [0.5, 0.6) is 0 Å². The Morgan fingerprint density at radius 2 is 2.00 bits per heavy atom. The number of rotatable bonds is 3. The minimum Gasteiger partial charge on any atom is -0.465 e. The van der Waals surface area contributed by atoms with Crippen molar-refractivity contribution in [3.8, 4) is 0 Å². The predicted molar refractivity (Wildman–Crippen MR) is 88.9 cm³/mol. The molecule has 2 saturated heterocycles. The molecule has 0 bridgehead atoms. The van der Waals surface area contributed by atoms with Crippen LogP contribution in [0.3, 0.4) is 0 Å². The van der Waals surface area contributed by atoms with Crippen LogP contribution in [0.25, 0.3) is 6.08 Å². The number of hydroxylamine groups is 1. The van der Waals surface area contributed by atoms with Gasteiger partial charge in [-0.25, -0.2) is 10.3 Å². The summed E-state index contributed by atoms with van der Waals surface area (Å²) in [5.74, 6) is -0.587. The van der Waals surface area contributed by atoms with Gasteiger partial charge in [0, 0.05) is 31.4 Å². The summed E-state index contributed by atoms with van der Waals surface area (Å²) in [6, 6.07) is 7.67. The Hall–Kier alpha value is -2.54. The van der Waals surface area contributed by atoms with E-state index < -0.39 is 12.0 Å². The minimum atomic E-state index is -0.845. The summed E-state index contributed by atoms with van der Waals surface area (Å²) in [5.41, 5.74) is 3.10. The molecule has 7 heteroatoms. The second-order valence-corrected chi connectivity index (χ2v) is 6.30. The van der Waals surface area contributed by atoms with E-state index in [9.17, 15) is 14.7 Å². The van der Waals surface area contributed by atoms with Crippen molar-refractivity contribution in [1.29, 1.82) is 0 Å². The number of hydrogen-bond donors (Lipinski definition) is 3. The maximum absolute atomic E-state index is 11.5. The lowest BCUT2D eigenvalue weighted by Gasteiger charge is -2.33. The lowest BCUT2D eigenvalue weighted by molar-refractivity contribution is -0.124. The molecule has 3 N–H and O–H groups in total. The first-order valence-electron chi connectivity index (χ1n) is 8.02. The second-order valence-electron chi connectivity index (χ2n) is 6.30. The molecular formula is C17H21N3O4. The fraction of sp³-hybridized carbons (Fsp3) is 0.412. The van der Waals surface area contributed by atoms with Crippen LogP contribution >= 0.6 is 0 Å². The zero-order valence-corrected chi connectivity index (χ0v) is 13.3. The average Bonchev–Trinajstić information content (AvgIpc) is 3.20. The van der Waals surface area contributed by atoms with Gasteiger partial charge >= 0.3 is 6.09 Å². The van der Waals surface area contributed by atoms with Crippen molar-refractivity contribution in [3.63, 3.8) is 0 Å². The van der Waals surface area contributed by atoms with Gasteiger partial charge in [-0.1, -0.05) is 18.2 Å². The number of benzene rings is 1. The molecule has 1 spiro atoms. The minimum absolute atomic E-state index is 0.300. The summed E-state index contributed by atoms with van der Waals surface area (Å²) >= 11 is 0. The van der Waals surface area contributed by atoms with Crippen molar-refractivity contribution in [3.05, 3.63) is 35.9 Å². The van der Waals surface area contributed by atoms with Crippen LogP contribution in [0.4, 0.5) is 10.5 Å². The monoisotopic (exact) mass is 331 g/mol. The summed E-state index contributed by atoms with van der Waals surface area (Å²) < 4.78 is 0. The number of nitrogens with one attached hydrogen (secondary N) is 1. The van der Waals surface area contributed by atoms with Gasteiger partial charge in [0.25, 0.3) is 5.91 Å². The molecule has 7 nitrogen and oxygen atoms in total. The number of nitrogens with zero attached hydrogens (tertiary/aromatic N) is 2. The van der Waals surface area contributed by atoms with Crippen molar-refractivity contribution in [2.75, 3.05) is 24.5 Å². The molecule has 1 unspecified atom stereocenters. The highest BCUT2D eigenvalue weighted by Crippen LogP contribution is 2.40. The Kier molecular flexibility index (Phi) is 4.44. The molecule has 24 heavy (non-hydrogen) atoms. The first-order valence-corrected chi connectivity index (χ1v) is 8.02. The summed E-state index contributed by atoms with van der Waals surface area (Å²) in [5, 5.41) is 18.0. The van der Waals surface area contributed by atoms with Gasteiger partial charge in [0.2, 0.25) is 0 Å². The third kappa shape index (κ3) is 2.94. The molecule has 0 saturated carbocycles. The Labute approximate surface area is 140 Å². The molecule has 1 aromatic rings. The van der Waals surface area contributed by atoms with Gasteiger partial charge in [-0.3, -0.25) is 10.0 Å². The molecule has 128 valence electrons. The van der Waals surface area contributed by atoms with E-state index in [4.69, 9.17) is 5.21 Å². The Balaban J connectivity index is 1.83. The van der Waals surface area contributed by atoms with Crippen LogP contribution in [0.15, 0.2) is 30.3 Å². The first-order chi connectivity index (χ1) is 11.6. The van der Waals surface area contributed by atoms with Crippen molar-refractivity contribution in [1.82, 2.24) is 10.4 Å². The molecule has 0 aromatic heterocycles. The van der Waals surface area contributed by atoms with E-state index >= 15 is 0 Å². The smallest absolute Gasteiger partial charge is 0.407 e. The van der Waals surface area contributed by atoms with Gasteiger partial charge in [-0.2, -0.15) is 0 Å². The predicted octanol–water partition coefficient (Wildman–Crippen LogP) is 1.93. The maximum atomic E-state index is 11.5. The quantitative estimate of drug-likeness (QED) is 0.447. The Bertz CT molecular complexity index is 676. The van der Waals surface area contributed by atoms with Crippen LogP contribution < -0.4 is 10.4 Å². The second kappa shape index (κ2) is 6.52. The molecule has 0 radical (unpaired) electrons. The number of hydrogen-bond acceptors (Lipinski definition) is 4. The molecule has 1 atom stereocenters. The summed E-state index contributed by atoms with van der Waals surface area (Å²) in [4.78, 5) is 26.5. The van der Waals surface area contributed by atoms with E-state index in [1.165, 1.54) is 6.08 Å². The van der Waals surface area contributed by atoms with Gasteiger partial charge in [-0.05, 0) is 37.0 Å². The van der Waals surface area contributed by atoms with E-state index in [2.05, 4.69) is 4.90 Å². The third-order valence-electron chi connectivity index (χ3n) is 4.96. The number of carbonyl (C=O) groups excluding carboxylic acids is 1. The lowest BCUT2D eigenvalue weighted by Crippen LogP contribution is -2.48. The van der Waals surface area contributed by atoms with Gasteiger partial charge in [-0.15, -0.1) is 0 Å². The number of carbonyl (C=O) groups is 2. The molecule has 2 heterocycles. The summed E-state index contributed by atoms with van der Waals surface area (Å²) in [6.07, 6.45) is 4.68.